The Labute approximate surface area is 147 Å². The van der Waals surface area contributed by atoms with Crippen LogP contribution in [0.15, 0.2) is 35.2 Å². The monoisotopic (exact) mass is 349 g/mol. The lowest BCUT2D eigenvalue weighted by molar-refractivity contribution is 0.390. The molecule has 5 heteroatoms. The Hall–Kier alpha value is -1.72. The minimum atomic E-state index is -0.189. The highest BCUT2D eigenvalue weighted by Crippen LogP contribution is 2.34. The van der Waals surface area contributed by atoms with Crippen LogP contribution in [-0.4, -0.2) is 27.0 Å². The SMILES string of the molecule is COc1cc(SC)c(OC)cc1CCNCc1cc(C)cc(F)c1. The topological polar surface area (TPSA) is 30.5 Å². The molecule has 0 saturated carbocycles. The number of rotatable bonds is 8. The van der Waals surface area contributed by atoms with Gasteiger partial charge in [0.1, 0.15) is 17.3 Å². The molecule has 0 aromatic heterocycles. The maximum atomic E-state index is 13.4. The first-order valence-electron chi connectivity index (χ1n) is 7.83. The van der Waals surface area contributed by atoms with E-state index in [2.05, 4.69) is 5.32 Å². The summed E-state index contributed by atoms with van der Waals surface area (Å²) < 4.78 is 24.3. The Morgan fingerprint density at radius 2 is 1.79 bits per heavy atom. The Morgan fingerprint density at radius 1 is 1.04 bits per heavy atom. The first kappa shape index (κ1) is 18.6. The van der Waals surface area contributed by atoms with Crippen LogP contribution in [0.5, 0.6) is 11.5 Å². The minimum Gasteiger partial charge on any atom is -0.496 e. The van der Waals surface area contributed by atoms with Crippen LogP contribution in [0.4, 0.5) is 4.39 Å². The summed E-state index contributed by atoms with van der Waals surface area (Å²) in [5, 5.41) is 3.35. The number of ether oxygens (including phenoxy) is 2. The third-order valence-electron chi connectivity index (χ3n) is 3.79. The van der Waals surface area contributed by atoms with Crippen molar-refractivity contribution in [1.29, 1.82) is 0 Å². The summed E-state index contributed by atoms with van der Waals surface area (Å²) in [5.41, 5.74) is 2.98. The smallest absolute Gasteiger partial charge is 0.132 e. The Morgan fingerprint density at radius 3 is 2.42 bits per heavy atom. The van der Waals surface area contributed by atoms with Gasteiger partial charge in [-0.2, -0.15) is 0 Å². The molecule has 0 saturated heterocycles. The average Bonchev–Trinajstić information content (AvgIpc) is 2.57. The van der Waals surface area contributed by atoms with Crippen molar-refractivity contribution < 1.29 is 13.9 Å². The molecule has 0 fully saturated rings. The zero-order valence-electron chi connectivity index (χ0n) is 14.6. The largest absolute Gasteiger partial charge is 0.496 e. The first-order valence-corrected chi connectivity index (χ1v) is 9.05. The fraction of sp³-hybridized carbons (Fsp3) is 0.368. The number of nitrogens with one attached hydrogen (secondary N) is 1. The van der Waals surface area contributed by atoms with Crippen LogP contribution < -0.4 is 14.8 Å². The number of aryl methyl sites for hydroxylation is 1. The molecule has 2 aromatic carbocycles. The molecule has 130 valence electrons. The molecule has 0 aliphatic carbocycles. The highest BCUT2D eigenvalue weighted by Gasteiger charge is 2.10. The molecule has 0 aliphatic rings. The van der Waals surface area contributed by atoms with Crippen LogP contribution >= 0.6 is 11.8 Å². The summed E-state index contributed by atoms with van der Waals surface area (Å²) in [4.78, 5) is 1.06. The van der Waals surface area contributed by atoms with Gasteiger partial charge in [-0.3, -0.25) is 0 Å². The lowest BCUT2D eigenvalue weighted by Crippen LogP contribution is -2.17. The molecule has 0 unspecified atom stereocenters. The van der Waals surface area contributed by atoms with Crippen LogP contribution in [-0.2, 0) is 13.0 Å². The van der Waals surface area contributed by atoms with Gasteiger partial charge in [0, 0.05) is 6.54 Å². The molecular formula is C19H24FNO2S. The van der Waals surface area contributed by atoms with Gasteiger partial charge in [-0.05, 0) is 67.1 Å². The molecule has 1 N–H and O–H groups in total. The van der Waals surface area contributed by atoms with E-state index >= 15 is 0 Å². The second-order valence-electron chi connectivity index (χ2n) is 5.58. The number of hydrogen-bond acceptors (Lipinski definition) is 4. The summed E-state index contributed by atoms with van der Waals surface area (Å²) in [6.07, 6.45) is 2.82. The van der Waals surface area contributed by atoms with Gasteiger partial charge >= 0.3 is 0 Å². The maximum absolute atomic E-state index is 13.4. The number of benzene rings is 2. The first-order chi connectivity index (χ1) is 11.6. The summed E-state index contributed by atoms with van der Waals surface area (Å²) >= 11 is 1.63. The van der Waals surface area contributed by atoms with Gasteiger partial charge in [-0.15, -0.1) is 11.8 Å². The molecule has 2 rings (SSSR count). The maximum Gasteiger partial charge on any atom is 0.132 e. The van der Waals surface area contributed by atoms with Crippen molar-refractivity contribution in [2.75, 3.05) is 27.0 Å². The van der Waals surface area contributed by atoms with Crippen LogP contribution in [0.25, 0.3) is 0 Å². The fourth-order valence-electron chi connectivity index (χ4n) is 2.66. The van der Waals surface area contributed by atoms with Crippen molar-refractivity contribution in [1.82, 2.24) is 5.32 Å². The molecule has 24 heavy (non-hydrogen) atoms. The third kappa shape index (κ3) is 4.89. The van der Waals surface area contributed by atoms with Crippen molar-refractivity contribution in [3.8, 4) is 11.5 Å². The Kier molecular flexibility index (Phi) is 6.94. The molecule has 0 radical (unpaired) electrons. The zero-order valence-corrected chi connectivity index (χ0v) is 15.4. The van der Waals surface area contributed by atoms with Crippen LogP contribution in [0.1, 0.15) is 16.7 Å². The van der Waals surface area contributed by atoms with Gasteiger partial charge in [0.15, 0.2) is 0 Å². The van der Waals surface area contributed by atoms with E-state index in [0.717, 1.165) is 46.1 Å². The van der Waals surface area contributed by atoms with Crippen molar-refractivity contribution >= 4 is 11.8 Å². The van der Waals surface area contributed by atoms with E-state index in [4.69, 9.17) is 9.47 Å². The third-order valence-corrected chi connectivity index (χ3v) is 4.55. The average molecular weight is 349 g/mol. The van der Waals surface area contributed by atoms with Gasteiger partial charge < -0.3 is 14.8 Å². The number of halogens is 1. The van der Waals surface area contributed by atoms with Crippen molar-refractivity contribution in [2.24, 2.45) is 0 Å². The summed E-state index contributed by atoms with van der Waals surface area (Å²) in [6.45, 7) is 3.31. The van der Waals surface area contributed by atoms with Crippen molar-refractivity contribution in [3.63, 3.8) is 0 Å². The highest BCUT2D eigenvalue weighted by molar-refractivity contribution is 7.98. The van der Waals surface area contributed by atoms with E-state index in [-0.39, 0.29) is 5.82 Å². The molecular weight excluding hydrogens is 325 g/mol. The van der Waals surface area contributed by atoms with E-state index in [9.17, 15) is 4.39 Å². The van der Waals surface area contributed by atoms with Crippen LogP contribution in [0, 0.1) is 12.7 Å². The number of hydrogen-bond donors (Lipinski definition) is 1. The Balaban J connectivity index is 1.98. The van der Waals surface area contributed by atoms with E-state index in [1.165, 1.54) is 6.07 Å². The second kappa shape index (κ2) is 8.94. The molecule has 2 aromatic rings. The zero-order chi connectivity index (χ0) is 17.5. The quantitative estimate of drug-likeness (QED) is 0.571. The van der Waals surface area contributed by atoms with E-state index < -0.39 is 0 Å². The molecule has 0 aliphatic heterocycles. The normalized spacial score (nSPS) is 10.7. The van der Waals surface area contributed by atoms with Gasteiger partial charge in [0.25, 0.3) is 0 Å². The predicted molar refractivity (Wildman–Crippen MR) is 97.9 cm³/mol. The lowest BCUT2D eigenvalue weighted by Gasteiger charge is -2.14. The van der Waals surface area contributed by atoms with Crippen molar-refractivity contribution in [3.05, 3.63) is 52.8 Å². The standard InChI is InChI=1S/C19H24FNO2S/c1-13-7-14(9-16(20)8-13)12-21-6-5-15-10-18(23-3)19(24-4)11-17(15)22-2/h7-11,21H,5-6,12H2,1-4H3. The van der Waals surface area contributed by atoms with E-state index in [1.807, 2.05) is 31.4 Å². The highest BCUT2D eigenvalue weighted by atomic mass is 32.2. The molecule has 0 bridgehead atoms. The van der Waals surface area contributed by atoms with Crippen molar-refractivity contribution in [2.45, 2.75) is 24.8 Å². The fourth-order valence-corrected chi connectivity index (χ4v) is 3.23. The van der Waals surface area contributed by atoms with Gasteiger partial charge in [0.05, 0.1) is 19.1 Å². The molecule has 0 atom stereocenters. The molecule has 3 nitrogen and oxygen atoms in total. The predicted octanol–water partition coefficient (Wildman–Crippen LogP) is 4.21. The summed E-state index contributed by atoms with van der Waals surface area (Å²) in [7, 11) is 3.36. The minimum absolute atomic E-state index is 0.189. The number of thioether (sulfide) groups is 1. The second-order valence-corrected chi connectivity index (χ2v) is 6.43. The van der Waals surface area contributed by atoms with Gasteiger partial charge in [-0.25, -0.2) is 4.39 Å². The Bertz CT molecular complexity index is 671. The molecule has 0 heterocycles. The summed E-state index contributed by atoms with van der Waals surface area (Å²) in [5.74, 6) is 1.54. The van der Waals surface area contributed by atoms with E-state index in [1.54, 1.807) is 32.0 Å². The number of methoxy groups -OCH3 is 2. The van der Waals surface area contributed by atoms with Gasteiger partial charge in [-0.1, -0.05) is 6.07 Å². The molecule has 0 spiro atoms. The molecule has 0 amide bonds. The van der Waals surface area contributed by atoms with Gasteiger partial charge in [0.2, 0.25) is 0 Å². The summed E-state index contributed by atoms with van der Waals surface area (Å²) in [6, 6.07) is 9.13. The lowest BCUT2D eigenvalue weighted by atomic mass is 10.1. The van der Waals surface area contributed by atoms with Crippen LogP contribution in [0.3, 0.4) is 0 Å². The van der Waals surface area contributed by atoms with E-state index in [0.29, 0.717) is 6.54 Å². The van der Waals surface area contributed by atoms with Crippen LogP contribution in [0.2, 0.25) is 0 Å².